The lowest BCUT2D eigenvalue weighted by Gasteiger charge is -2.34. The first-order chi connectivity index (χ1) is 8.71. The predicted octanol–water partition coefficient (Wildman–Crippen LogP) is 1.09. The molecule has 1 saturated carbocycles. The van der Waals surface area contributed by atoms with Gasteiger partial charge in [-0.15, -0.1) is 0 Å². The van der Waals surface area contributed by atoms with Crippen LogP contribution in [0.4, 0.5) is 4.79 Å². The van der Waals surface area contributed by atoms with E-state index in [0.29, 0.717) is 5.41 Å². The summed E-state index contributed by atoms with van der Waals surface area (Å²) in [4.78, 5) is 22.5. The van der Waals surface area contributed by atoms with Crippen molar-refractivity contribution in [2.24, 2.45) is 5.41 Å². The Morgan fingerprint density at radius 3 is 2.21 bits per heavy atom. The van der Waals surface area contributed by atoms with Crippen molar-refractivity contribution in [2.75, 3.05) is 0 Å². The second-order valence-electron chi connectivity index (χ2n) is 6.11. The Balaban J connectivity index is 2.41. The molecule has 0 saturated heterocycles. The number of nitrogens with one attached hydrogen (secondary N) is 2. The molecule has 6 nitrogen and oxygen atoms in total. The van der Waals surface area contributed by atoms with Crippen LogP contribution >= 0.6 is 0 Å². The molecular weight excluding hydrogens is 248 g/mol. The van der Waals surface area contributed by atoms with E-state index in [-0.39, 0.29) is 6.04 Å². The zero-order valence-corrected chi connectivity index (χ0v) is 11.8. The van der Waals surface area contributed by atoms with E-state index in [1.165, 1.54) is 6.92 Å². The summed E-state index contributed by atoms with van der Waals surface area (Å²) in [7, 11) is 0. The van der Waals surface area contributed by atoms with Crippen molar-refractivity contribution in [1.82, 2.24) is 10.6 Å². The van der Waals surface area contributed by atoms with E-state index in [4.69, 9.17) is 5.11 Å². The Morgan fingerprint density at radius 2 is 1.79 bits per heavy atom. The third-order valence-corrected chi connectivity index (χ3v) is 3.71. The van der Waals surface area contributed by atoms with Crippen LogP contribution in [0, 0.1) is 5.41 Å². The Morgan fingerprint density at radius 1 is 1.26 bits per heavy atom. The molecule has 0 aliphatic heterocycles. The molecule has 110 valence electrons. The highest BCUT2D eigenvalue weighted by atomic mass is 16.4. The maximum atomic E-state index is 11.7. The van der Waals surface area contributed by atoms with E-state index >= 15 is 0 Å². The van der Waals surface area contributed by atoms with Gasteiger partial charge in [-0.25, -0.2) is 9.59 Å². The molecule has 1 aliphatic carbocycles. The molecular formula is C13H24N2O4. The highest BCUT2D eigenvalue weighted by Crippen LogP contribution is 2.34. The fourth-order valence-corrected chi connectivity index (χ4v) is 2.30. The molecule has 2 amide bonds. The summed E-state index contributed by atoms with van der Waals surface area (Å²) in [6.07, 6.45) is 2.74. The van der Waals surface area contributed by atoms with Gasteiger partial charge in [-0.3, -0.25) is 0 Å². The number of aliphatic carboxylic acids is 1. The van der Waals surface area contributed by atoms with Gasteiger partial charge in [-0.2, -0.15) is 0 Å². The molecule has 2 unspecified atom stereocenters. The van der Waals surface area contributed by atoms with E-state index in [1.54, 1.807) is 0 Å². The van der Waals surface area contributed by atoms with Gasteiger partial charge in [-0.1, -0.05) is 13.8 Å². The standard InChI is InChI=1S/C13H24N2O4/c1-8(16)10(11(17)18)15-12(19)14-9-4-6-13(2,3)7-5-9/h8-10,16H,4-7H2,1-3H3,(H,17,18)(H2,14,15,19). The van der Waals surface area contributed by atoms with Crippen molar-refractivity contribution < 1.29 is 19.8 Å². The second kappa shape index (κ2) is 6.23. The van der Waals surface area contributed by atoms with Crippen LogP contribution in [0.25, 0.3) is 0 Å². The number of hydrogen-bond acceptors (Lipinski definition) is 3. The SMILES string of the molecule is CC(O)C(NC(=O)NC1CCC(C)(C)CC1)C(=O)O. The number of carboxylic acids is 1. The summed E-state index contributed by atoms with van der Waals surface area (Å²) in [5.74, 6) is -1.24. The molecule has 0 aromatic heterocycles. The van der Waals surface area contributed by atoms with Crippen molar-refractivity contribution in [3.8, 4) is 0 Å². The van der Waals surface area contributed by atoms with E-state index in [1.807, 2.05) is 0 Å². The molecule has 4 N–H and O–H groups in total. The molecule has 0 aromatic rings. The van der Waals surface area contributed by atoms with Crippen molar-refractivity contribution in [1.29, 1.82) is 0 Å². The number of hydrogen-bond donors (Lipinski definition) is 4. The maximum Gasteiger partial charge on any atom is 0.328 e. The molecule has 0 spiro atoms. The monoisotopic (exact) mass is 272 g/mol. The van der Waals surface area contributed by atoms with Crippen LogP contribution in [-0.4, -0.2) is 40.4 Å². The number of carboxylic acid groups (broad SMARTS) is 1. The van der Waals surface area contributed by atoms with Gasteiger partial charge in [-0.05, 0) is 38.0 Å². The summed E-state index contributed by atoms with van der Waals surface area (Å²) in [6.45, 7) is 5.75. The minimum absolute atomic E-state index is 0.0801. The number of aliphatic hydroxyl groups excluding tert-OH is 1. The lowest BCUT2D eigenvalue weighted by atomic mass is 9.76. The predicted molar refractivity (Wildman–Crippen MR) is 70.8 cm³/mol. The highest BCUT2D eigenvalue weighted by Gasteiger charge is 2.29. The summed E-state index contributed by atoms with van der Waals surface area (Å²) in [6, 6.07) is -1.73. The zero-order chi connectivity index (χ0) is 14.6. The molecule has 1 fully saturated rings. The van der Waals surface area contributed by atoms with E-state index in [0.717, 1.165) is 25.7 Å². The van der Waals surface area contributed by atoms with Gasteiger partial charge < -0.3 is 20.8 Å². The number of amides is 2. The van der Waals surface area contributed by atoms with Crippen LogP contribution in [0.5, 0.6) is 0 Å². The Labute approximate surface area is 113 Å². The van der Waals surface area contributed by atoms with Gasteiger partial charge in [0.05, 0.1) is 6.10 Å². The average molecular weight is 272 g/mol. The Bertz CT molecular complexity index is 332. The lowest BCUT2D eigenvalue weighted by Crippen LogP contribution is -2.53. The van der Waals surface area contributed by atoms with Crippen LogP contribution in [-0.2, 0) is 4.79 Å². The molecule has 19 heavy (non-hydrogen) atoms. The van der Waals surface area contributed by atoms with Gasteiger partial charge in [0, 0.05) is 6.04 Å². The van der Waals surface area contributed by atoms with E-state index in [9.17, 15) is 14.7 Å². The second-order valence-corrected chi connectivity index (χ2v) is 6.11. The molecule has 0 heterocycles. The third-order valence-electron chi connectivity index (χ3n) is 3.71. The first-order valence-electron chi connectivity index (χ1n) is 6.69. The zero-order valence-electron chi connectivity index (χ0n) is 11.8. The van der Waals surface area contributed by atoms with Crippen LogP contribution in [0.15, 0.2) is 0 Å². The van der Waals surface area contributed by atoms with Crippen molar-refractivity contribution in [3.05, 3.63) is 0 Å². The average Bonchev–Trinajstić information content (AvgIpc) is 2.28. The number of carbonyl (C=O) groups is 2. The molecule has 6 heteroatoms. The summed E-state index contributed by atoms with van der Waals surface area (Å²) in [5.41, 5.74) is 0.317. The number of aliphatic hydroxyl groups is 1. The van der Waals surface area contributed by atoms with Crippen LogP contribution in [0.3, 0.4) is 0 Å². The molecule has 0 bridgehead atoms. The van der Waals surface area contributed by atoms with Gasteiger partial charge >= 0.3 is 12.0 Å². The fourth-order valence-electron chi connectivity index (χ4n) is 2.30. The Hall–Kier alpha value is -1.30. The van der Waals surface area contributed by atoms with Crippen LogP contribution < -0.4 is 10.6 Å². The van der Waals surface area contributed by atoms with E-state index < -0.39 is 24.1 Å². The molecule has 0 radical (unpaired) electrons. The van der Waals surface area contributed by atoms with Gasteiger partial charge in [0.25, 0.3) is 0 Å². The third kappa shape index (κ3) is 5.06. The van der Waals surface area contributed by atoms with Crippen molar-refractivity contribution >= 4 is 12.0 Å². The largest absolute Gasteiger partial charge is 0.480 e. The molecule has 0 aromatic carbocycles. The quantitative estimate of drug-likeness (QED) is 0.615. The number of carbonyl (C=O) groups excluding carboxylic acids is 1. The topological polar surface area (TPSA) is 98.7 Å². The van der Waals surface area contributed by atoms with Crippen molar-refractivity contribution in [3.63, 3.8) is 0 Å². The molecule has 2 atom stereocenters. The smallest absolute Gasteiger partial charge is 0.328 e. The first-order valence-corrected chi connectivity index (χ1v) is 6.69. The molecule has 1 aliphatic rings. The fraction of sp³-hybridized carbons (Fsp3) is 0.846. The normalized spacial score (nSPS) is 22.3. The summed E-state index contributed by atoms with van der Waals surface area (Å²) >= 11 is 0. The summed E-state index contributed by atoms with van der Waals surface area (Å²) < 4.78 is 0. The maximum absolute atomic E-state index is 11.7. The lowest BCUT2D eigenvalue weighted by molar-refractivity contribution is -0.141. The number of urea groups is 1. The Kier molecular flexibility index (Phi) is 5.17. The number of rotatable bonds is 4. The van der Waals surface area contributed by atoms with E-state index in [2.05, 4.69) is 24.5 Å². The summed E-state index contributed by atoms with van der Waals surface area (Å²) in [5, 5.41) is 23.2. The van der Waals surface area contributed by atoms with Crippen LogP contribution in [0.2, 0.25) is 0 Å². The van der Waals surface area contributed by atoms with Gasteiger partial charge in [0.15, 0.2) is 6.04 Å². The van der Waals surface area contributed by atoms with Crippen molar-refractivity contribution in [2.45, 2.75) is 64.6 Å². The minimum Gasteiger partial charge on any atom is -0.480 e. The van der Waals surface area contributed by atoms with Gasteiger partial charge in [0.1, 0.15) is 0 Å². The van der Waals surface area contributed by atoms with Gasteiger partial charge in [0.2, 0.25) is 0 Å². The minimum atomic E-state index is -1.28. The first kappa shape index (κ1) is 15.8. The highest BCUT2D eigenvalue weighted by molar-refractivity contribution is 5.83. The molecule has 1 rings (SSSR count). The van der Waals surface area contributed by atoms with Crippen LogP contribution in [0.1, 0.15) is 46.5 Å².